The standard InChI is InChI=1S/C5H11O3P.C4H13N3.Ce/c6-9-7-4-2-1-3-5-8-9;5-1-3-7-4-2-6;/h9H,1-5H2;7H,1-6H2;. The Hall–Kier alpha value is 1.41. The van der Waals surface area contributed by atoms with Gasteiger partial charge in [0.05, 0.1) is 13.2 Å². The van der Waals surface area contributed by atoms with Crippen molar-refractivity contribution in [3.8, 4) is 0 Å². The van der Waals surface area contributed by atoms with Crippen LogP contribution in [0.15, 0.2) is 0 Å². The Morgan fingerprint density at radius 3 is 1.88 bits per heavy atom. The van der Waals surface area contributed by atoms with Gasteiger partial charge in [-0.15, -0.1) is 0 Å². The van der Waals surface area contributed by atoms with Gasteiger partial charge in [0.15, 0.2) is 0 Å². The fourth-order valence-electron chi connectivity index (χ4n) is 1.06. The van der Waals surface area contributed by atoms with Crippen molar-refractivity contribution in [3.05, 3.63) is 0 Å². The Balaban J connectivity index is 0. The second-order valence-electron chi connectivity index (χ2n) is 3.33. The molecule has 0 spiro atoms. The van der Waals surface area contributed by atoms with Gasteiger partial charge < -0.3 is 25.8 Å². The van der Waals surface area contributed by atoms with Gasteiger partial charge in [-0.2, -0.15) is 0 Å². The van der Waals surface area contributed by atoms with Crippen LogP contribution in [0.25, 0.3) is 0 Å². The summed E-state index contributed by atoms with van der Waals surface area (Å²) in [6.07, 6.45) is 3.15. The number of nitrogens with two attached hydrogens (primary N) is 2. The molecular weight excluding hydrogens is 369 g/mol. The summed E-state index contributed by atoms with van der Waals surface area (Å²) in [5.74, 6) is 0. The van der Waals surface area contributed by atoms with Crippen LogP contribution in [-0.2, 0) is 13.6 Å². The molecule has 17 heavy (non-hydrogen) atoms. The molecule has 0 saturated carbocycles. The van der Waals surface area contributed by atoms with Crippen molar-refractivity contribution < 1.29 is 55.4 Å². The Bertz CT molecular complexity index is 164. The molecule has 8 heteroatoms. The first-order valence-electron chi connectivity index (χ1n) is 5.71. The van der Waals surface area contributed by atoms with Crippen LogP contribution in [0.5, 0.6) is 0 Å². The van der Waals surface area contributed by atoms with Crippen LogP contribution in [-0.4, -0.2) is 39.4 Å². The minimum atomic E-state index is -2.10. The molecule has 0 radical (unpaired) electrons. The van der Waals surface area contributed by atoms with Gasteiger partial charge in [0.25, 0.3) is 0 Å². The van der Waals surface area contributed by atoms with Crippen molar-refractivity contribution in [2.45, 2.75) is 19.3 Å². The largest absolute Gasteiger partial charge is 0.329 e. The van der Waals surface area contributed by atoms with Gasteiger partial charge in [0.2, 0.25) is 0 Å². The van der Waals surface area contributed by atoms with Crippen molar-refractivity contribution in [3.63, 3.8) is 0 Å². The summed E-state index contributed by atoms with van der Waals surface area (Å²) in [6.45, 7) is 4.32. The topological polar surface area (TPSA) is 99.6 Å². The van der Waals surface area contributed by atoms with E-state index in [-0.39, 0.29) is 41.7 Å². The minimum Gasteiger partial charge on any atom is -0.329 e. The van der Waals surface area contributed by atoms with Crippen LogP contribution in [0.1, 0.15) is 19.3 Å². The zero-order chi connectivity index (χ0) is 12.1. The van der Waals surface area contributed by atoms with E-state index in [0.717, 1.165) is 32.4 Å². The van der Waals surface area contributed by atoms with Crippen molar-refractivity contribution in [2.75, 3.05) is 39.4 Å². The average Bonchev–Trinajstić information content (AvgIpc) is 2.25. The van der Waals surface area contributed by atoms with Gasteiger partial charge >= 0.3 is 8.25 Å². The summed E-state index contributed by atoms with van der Waals surface area (Å²) >= 11 is 0. The van der Waals surface area contributed by atoms with Crippen LogP contribution in [0.4, 0.5) is 0 Å². The van der Waals surface area contributed by atoms with Crippen molar-refractivity contribution in [1.29, 1.82) is 0 Å². The summed E-state index contributed by atoms with van der Waals surface area (Å²) in [4.78, 5) is 0. The van der Waals surface area contributed by atoms with Crippen molar-refractivity contribution >= 4 is 8.25 Å². The third kappa shape index (κ3) is 17.4. The maximum Gasteiger partial charge on any atom is 0.319 e. The van der Waals surface area contributed by atoms with Crippen molar-refractivity contribution in [1.82, 2.24) is 5.32 Å². The Labute approximate surface area is 138 Å². The molecule has 1 saturated heterocycles. The third-order valence-electron chi connectivity index (χ3n) is 1.87. The maximum absolute atomic E-state index is 10.6. The SMILES string of the molecule is NCCNCCN.O=[PH]1OCCCCCO1.[Ce]. The van der Waals surface area contributed by atoms with Crippen LogP contribution >= 0.6 is 8.25 Å². The van der Waals surface area contributed by atoms with E-state index in [1.54, 1.807) is 0 Å². The third-order valence-corrected chi connectivity index (χ3v) is 2.75. The molecule has 0 aromatic heterocycles. The van der Waals surface area contributed by atoms with E-state index in [2.05, 4.69) is 5.32 Å². The molecule has 0 unspecified atom stereocenters. The summed E-state index contributed by atoms with van der Waals surface area (Å²) in [5, 5.41) is 3.03. The number of nitrogens with one attached hydrogen (secondary N) is 1. The fraction of sp³-hybridized carbons (Fsp3) is 1.00. The Kier molecular flexibility index (Phi) is 21.2. The van der Waals surface area contributed by atoms with Gasteiger partial charge in [0.1, 0.15) is 0 Å². The second kappa shape index (κ2) is 17.4. The molecule has 1 fully saturated rings. The zero-order valence-electron chi connectivity index (χ0n) is 10.2. The molecule has 6 nitrogen and oxygen atoms in total. The second-order valence-corrected chi connectivity index (χ2v) is 4.41. The van der Waals surface area contributed by atoms with E-state index in [0.29, 0.717) is 26.3 Å². The molecule has 5 N–H and O–H groups in total. The summed E-state index contributed by atoms with van der Waals surface area (Å²) in [6, 6.07) is 0. The molecule has 1 rings (SSSR count). The molecule has 0 aromatic rings. The van der Waals surface area contributed by atoms with Crippen molar-refractivity contribution in [2.24, 2.45) is 11.5 Å². The van der Waals surface area contributed by atoms with Gasteiger partial charge in [-0.25, -0.2) is 0 Å². The molecule has 0 bridgehead atoms. The molecular formula is C9H24CeN3O3P. The minimum absolute atomic E-state index is 0. The maximum atomic E-state index is 10.6. The normalized spacial score (nSPS) is 17.1. The Morgan fingerprint density at radius 1 is 1.00 bits per heavy atom. The summed E-state index contributed by atoms with van der Waals surface area (Å²) in [7, 11) is -2.10. The van der Waals surface area contributed by atoms with E-state index in [9.17, 15) is 4.57 Å². The van der Waals surface area contributed by atoms with Gasteiger partial charge in [-0.3, -0.25) is 4.57 Å². The van der Waals surface area contributed by atoms with Gasteiger partial charge in [0, 0.05) is 67.9 Å². The molecule has 1 aliphatic heterocycles. The predicted octanol–water partition coefficient (Wildman–Crippen LogP) is 0.0866. The van der Waals surface area contributed by atoms with E-state index in [4.69, 9.17) is 20.5 Å². The molecule has 0 amide bonds. The Morgan fingerprint density at radius 2 is 1.47 bits per heavy atom. The van der Waals surface area contributed by atoms with Crippen LogP contribution < -0.4 is 16.8 Å². The molecule has 102 valence electrons. The smallest absolute Gasteiger partial charge is 0.319 e. The predicted molar refractivity (Wildman–Crippen MR) is 65.7 cm³/mol. The van der Waals surface area contributed by atoms with E-state index >= 15 is 0 Å². The quantitative estimate of drug-likeness (QED) is 0.462. The van der Waals surface area contributed by atoms with Gasteiger partial charge in [-0.1, -0.05) is 0 Å². The summed E-state index contributed by atoms with van der Waals surface area (Å²) < 4.78 is 20.2. The molecule has 1 heterocycles. The molecule has 1 aliphatic rings. The number of rotatable bonds is 4. The first kappa shape index (κ1) is 20.7. The van der Waals surface area contributed by atoms with Crippen LogP contribution in [0, 0.1) is 41.7 Å². The van der Waals surface area contributed by atoms with E-state index in [1.165, 1.54) is 0 Å². The first-order valence-corrected chi connectivity index (χ1v) is 6.94. The van der Waals surface area contributed by atoms with Crippen LogP contribution in [0.3, 0.4) is 0 Å². The molecule has 0 aliphatic carbocycles. The zero-order valence-corrected chi connectivity index (χ0v) is 14.4. The van der Waals surface area contributed by atoms with Crippen LogP contribution in [0.2, 0.25) is 0 Å². The average molecular weight is 393 g/mol. The number of hydrogen-bond donors (Lipinski definition) is 3. The van der Waals surface area contributed by atoms with Gasteiger partial charge in [-0.05, 0) is 19.3 Å². The van der Waals surface area contributed by atoms with E-state index in [1.807, 2.05) is 0 Å². The molecule has 0 aromatic carbocycles. The monoisotopic (exact) mass is 393 g/mol. The summed E-state index contributed by atoms with van der Waals surface area (Å²) in [5.41, 5.74) is 10.3. The fourth-order valence-corrected chi connectivity index (χ4v) is 1.77. The number of hydrogen-bond acceptors (Lipinski definition) is 6. The van der Waals surface area contributed by atoms with E-state index < -0.39 is 8.25 Å². The molecule has 0 atom stereocenters. The first-order chi connectivity index (χ1) is 7.81.